The lowest BCUT2D eigenvalue weighted by Gasteiger charge is -2.13. The van der Waals surface area contributed by atoms with Crippen LogP contribution in [0.4, 0.5) is 0 Å². The summed E-state index contributed by atoms with van der Waals surface area (Å²) in [4.78, 5) is 18.0. The highest BCUT2D eigenvalue weighted by molar-refractivity contribution is 6.29. The van der Waals surface area contributed by atoms with Gasteiger partial charge in [-0.15, -0.1) is 0 Å². The third kappa shape index (κ3) is 4.40. The van der Waals surface area contributed by atoms with Crippen LogP contribution in [0.1, 0.15) is 19.8 Å². The van der Waals surface area contributed by atoms with Gasteiger partial charge in [-0.2, -0.15) is 0 Å². The number of rotatable bonds is 6. The molecule has 0 radical (unpaired) electrons. The number of carbonyl (C=O) groups excluding carboxylic acids is 1. The molecule has 16 heavy (non-hydrogen) atoms. The fourth-order valence-corrected chi connectivity index (χ4v) is 1.23. The summed E-state index contributed by atoms with van der Waals surface area (Å²) in [6, 6.07) is 1.55. The van der Waals surface area contributed by atoms with Crippen LogP contribution in [0.3, 0.4) is 0 Å². The molecule has 0 spiro atoms. The van der Waals surface area contributed by atoms with Crippen molar-refractivity contribution in [3.8, 4) is 5.88 Å². The van der Waals surface area contributed by atoms with Crippen LogP contribution in [0.25, 0.3) is 0 Å². The van der Waals surface area contributed by atoms with Crippen LogP contribution < -0.4 is 4.74 Å². The van der Waals surface area contributed by atoms with Crippen LogP contribution in [0.2, 0.25) is 5.15 Å². The molecule has 1 atom stereocenters. The molecule has 1 unspecified atom stereocenters. The molecule has 1 heterocycles. The first-order chi connectivity index (χ1) is 7.61. The Hall–Kier alpha value is -1.42. The van der Waals surface area contributed by atoms with Crippen LogP contribution >= 0.6 is 11.6 Å². The first-order valence-corrected chi connectivity index (χ1v) is 5.26. The predicted molar refractivity (Wildman–Crippen MR) is 61.6 cm³/mol. The third-order valence-electron chi connectivity index (χ3n) is 1.97. The first kappa shape index (κ1) is 12.6. The topological polar surface area (TPSA) is 52.1 Å². The highest BCUT2D eigenvalue weighted by atomic mass is 35.5. The van der Waals surface area contributed by atoms with Gasteiger partial charge >= 0.3 is 0 Å². The molecule has 5 heteroatoms. The summed E-state index contributed by atoms with van der Waals surface area (Å²) >= 11 is 5.69. The number of halogens is 1. The van der Waals surface area contributed by atoms with E-state index in [1.165, 1.54) is 6.33 Å². The average Bonchev–Trinajstić information content (AvgIpc) is 2.26. The molecule has 0 aliphatic rings. The van der Waals surface area contributed by atoms with Gasteiger partial charge in [-0.05, 0) is 25.3 Å². The van der Waals surface area contributed by atoms with Crippen molar-refractivity contribution in [3.05, 3.63) is 29.7 Å². The van der Waals surface area contributed by atoms with Crippen molar-refractivity contribution in [3.63, 3.8) is 0 Å². The van der Waals surface area contributed by atoms with E-state index in [1.807, 2.05) is 6.92 Å². The van der Waals surface area contributed by atoms with Gasteiger partial charge in [-0.3, -0.25) is 4.79 Å². The molecule has 0 aliphatic carbocycles. The van der Waals surface area contributed by atoms with E-state index in [1.54, 1.807) is 6.07 Å². The van der Waals surface area contributed by atoms with Crippen LogP contribution in [0.15, 0.2) is 24.5 Å². The molecule has 86 valence electrons. The Morgan fingerprint density at radius 1 is 1.69 bits per heavy atom. The molecule has 0 fully saturated rings. The Bertz CT molecular complexity index is 382. The molecular formula is C11H13ClN2O2. The maximum absolute atomic E-state index is 10.3. The molecule has 0 aliphatic heterocycles. The van der Waals surface area contributed by atoms with Gasteiger partial charge < -0.3 is 4.74 Å². The molecule has 1 aromatic heterocycles. The summed E-state index contributed by atoms with van der Waals surface area (Å²) in [5, 5.41) is 0.342. The highest BCUT2D eigenvalue weighted by Crippen LogP contribution is 2.14. The van der Waals surface area contributed by atoms with Gasteiger partial charge in [0, 0.05) is 6.07 Å². The van der Waals surface area contributed by atoms with Crippen LogP contribution in [-0.2, 0) is 4.79 Å². The minimum absolute atomic E-state index is 0.0531. The molecule has 1 aromatic rings. The zero-order chi connectivity index (χ0) is 12.0. The van der Waals surface area contributed by atoms with E-state index < -0.39 is 0 Å². The lowest BCUT2D eigenvalue weighted by molar-refractivity contribution is -0.105. The molecule has 4 nitrogen and oxygen atoms in total. The van der Waals surface area contributed by atoms with Crippen molar-refractivity contribution in [1.82, 2.24) is 9.97 Å². The van der Waals surface area contributed by atoms with Gasteiger partial charge in [0.15, 0.2) is 0 Å². The summed E-state index contributed by atoms with van der Waals surface area (Å²) in [6.45, 7) is 5.49. The van der Waals surface area contributed by atoms with E-state index in [9.17, 15) is 4.79 Å². The summed E-state index contributed by atoms with van der Waals surface area (Å²) < 4.78 is 5.50. The zero-order valence-corrected chi connectivity index (χ0v) is 9.78. The van der Waals surface area contributed by atoms with Gasteiger partial charge in [0.05, 0.1) is 6.10 Å². The Kier molecular flexibility index (Phi) is 4.92. The summed E-state index contributed by atoms with van der Waals surface area (Å²) in [5.74, 6) is 0.434. The molecule has 0 saturated heterocycles. The number of aromatic nitrogens is 2. The Morgan fingerprint density at radius 3 is 3.06 bits per heavy atom. The molecule has 0 N–H and O–H groups in total. The second-order valence-corrected chi connectivity index (χ2v) is 3.81. The minimum Gasteiger partial charge on any atom is -0.475 e. The average molecular weight is 241 g/mol. The number of ether oxygens (including phenoxy) is 1. The van der Waals surface area contributed by atoms with Crippen molar-refractivity contribution in [2.24, 2.45) is 0 Å². The SMILES string of the molecule is C=C(C=O)CCC(C)Oc1cc(Cl)ncn1. The first-order valence-electron chi connectivity index (χ1n) is 4.89. The van der Waals surface area contributed by atoms with Gasteiger partial charge in [0.25, 0.3) is 0 Å². The molecule has 0 amide bonds. The Balaban J connectivity index is 2.42. The predicted octanol–water partition coefficient (Wildman–Crippen LogP) is 2.43. The van der Waals surface area contributed by atoms with Gasteiger partial charge in [0.1, 0.15) is 17.8 Å². The molecule has 0 aromatic carbocycles. The molecule has 0 saturated carbocycles. The van der Waals surface area contributed by atoms with E-state index >= 15 is 0 Å². The molecule has 1 rings (SSSR count). The number of hydrogen-bond acceptors (Lipinski definition) is 4. The summed E-state index contributed by atoms with van der Waals surface area (Å²) in [6.07, 6.45) is 3.37. The van der Waals surface area contributed by atoms with Gasteiger partial charge in [-0.25, -0.2) is 9.97 Å². The number of hydrogen-bond donors (Lipinski definition) is 0. The van der Waals surface area contributed by atoms with Crippen molar-refractivity contribution in [2.75, 3.05) is 0 Å². The van der Waals surface area contributed by atoms with E-state index in [0.717, 1.165) is 6.29 Å². The summed E-state index contributed by atoms with van der Waals surface area (Å²) in [5.41, 5.74) is 0.566. The minimum atomic E-state index is -0.0531. The quantitative estimate of drug-likeness (QED) is 0.435. The van der Waals surface area contributed by atoms with E-state index in [0.29, 0.717) is 29.4 Å². The van der Waals surface area contributed by atoms with E-state index in [4.69, 9.17) is 16.3 Å². The standard InChI is InChI=1S/C11H13ClN2O2/c1-8(6-15)3-4-9(2)16-11-5-10(12)13-7-14-11/h5-7,9H,1,3-4H2,2H3. The lowest BCUT2D eigenvalue weighted by atomic mass is 10.1. The maximum atomic E-state index is 10.3. The van der Waals surface area contributed by atoms with Crippen LogP contribution in [0, 0.1) is 0 Å². The summed E-state index contributed by atoms with van der Waals surface area (Å²) in [7, 11) is 0. The van der Waals surface area contributed by atoms with Crippen LogP contribution in [0.5, 0.6) is 5.88 Å². The molecule has 0 bridgehead atoms. The fraction of sp³-hybridized carbons (Fsp3) is 0.364. The van der Waals surface area contributed by atoms with Crippen molar-refractivity contribution in [1.29, 1.82) is 0 Å². The van der Waals surface area contributed by atoms with E-state index in [-0.39, 0.29) is 6.10 Å². The van der Waals surface area contributed by atoms with Crippen molar-refractivity contribution < 1.29 is 9.53 Å². The highest BCUT2D eigenvalue weighted by Gasteiger charge is 2.06. The van der Waals surface area contributed by atoms with Crippen molar-refractivity contribution in [2.45, 2.75) is 25.9 Å². The van der Waals surface area contributed by atoms with Crippen molar-refractivity contribution >= 4 is 17.9 Å². The Morgan fingerprint density at radius 2 is 2.44 bits per heavy atom. The second kappa shape index (κ2) is 6.23. The number of nitrogens with zero attached hydrogens (tertiary/aromatic N) is 2. The smallest absolute Gasteiger partial charge is 0.218 e. The zero-order valence-electron chi connectivity index (χ0n) is 9.02. The maximum Gasteiger partial charge on any atom is 0.218 e. The van der Waals surface area contributed by atoms with E-state index in [2.05, 4.69) is 16.5 Å². The van der Waals surface area contributed by atoms with Gasteiger partial charge in [0.2, 0.25) is 5.88 Å². The normalized spacial score (nSPS) is 11.9. The Labute approximate surface area is 99.3 Å². The number of carbonyl (C=O) groups is 1. The molecular weight excluding hydrogens is 228 g/mol. The van der Waals surface area contributed by atoms with Crippen LogP contribution in [-0.4, -0.2) is 22.4 Å². The second-order valence-electron chi connectivity index (χ2n) is 3.42. The number of aldehydes is 1. The monoisotopic (exact) mass is 240 g/mol. The van der Waals surface area contributed by atoms with Gasteiger partial charge in [-0.1, -0.05) is 18.2 Å². The fourth-order valence-electron chi connectivity index (χ4n) is 1.09. The third-order valence-corrected chi connectivity index (χ3v) is 2.18. The lowest BCUT2D eigenvalue weighted by Crippen LogP contribution is -2.12. The number of allylic oxidation sites excluding steroid dienone is 1. The largest absolute Gasteiger partial charge is 0.475 e.